The first-order valence-corrected chi connectivity index (χ1v) is 12.7. The van der Waals surface area contributed by atoms with Crippen LogP contribution in [0.5, 0.6) is 11.6 Å². The number of rotatable bonds is 6. The smallest absolute Gasteiger partial charge is 0.273 e. The molecule has 0 saturated heterocycles. The average molecular weight is 522 g/mol. The zero-order chi connectivity index (χ0) is 27.7. The second-order valence-electron chi connectivity index (χ2n) is 10.6. The number of phenolic OH excluding ortho intramolecular Hbond substituents is 1. The van der Waals surface area contributed by atoms with Crippen LogP contribution in [0.1, 0.15) is 53.6 Å². The fraction of sp³-hybridized carbons (Fsp3) is 0.194. The summed E-state index contributed by atoms with van der Waals surface area (Å²) in [5, 5.41) is 28.5. The topological polar surface area (TPSA) is 116 Å². The predicted octanol–water partition coefficient (Wildman–Crippen LogP) is 6.43. The van der Waals surface area contributed by atoms with Crippen molar-refractivity contribution < 1.29 is 15.0 Å². The number of phenols is 1. The van der Waals surface area contributed by atoms with Crippen molar-refractivity contribution in [2.45, 2.75) is 39.7 Å². The zero-order valence-electron chi connectivity index (χ0n) is 22.4. The lowest BCUT2D eigenvalue weighted by Gasteiger charge is -2.22. The molecule has 0 saturated carbocycles. The summed E-state index contributed by atoms with van der Waals surface area (Å²) < 4.78 is 1.75. The molecule has 0 radical (unpaired) electrons. The number of aromatic nitrogens is 3. The molecule has 0 spiro atoms. The monoisotopic (exact) mass is 521 g/mol. The van der Waals surface area contributed by atoms with Crippen molar-refractivity contribution >= 4 is 34.4 Å². The molecule has 39 heavy (non-hydrogen) atoms. The van der Waals surface area contributed by atoms with Gasteiger partial charge in [-0.05, 0) is 87.7 Å². The van der Waals surface area contributed by atoms with Gasteiger partial charge in [-0.1, -0.05) is 24.3 Å². The maximum Gasteiger partial charge on any atom is 0.273 e. The summed E-state index contributed by atoms with van der Waals surface area (Å²) >= 11 is 0. The summed E-state index contributed by atoms with van der Waals surface area (Å²) in [6.07, 6.45) is 2.22. The highest BCUT2D eigenvalue weighted by atomic mass is 16.3. The lowest BCUT2D eigenvalue weighted by molar-refractivity contribution is 0.100. The lowest BCUT2D eigenvalue weighted by atomic mass is 10.0. The molecule has 0 fully saturated rings. The fourth-order valence-electron chi connectivity index (χ4n) is 4.56. The maximum absolute atomic E-state index is 13.1. The third-order valence-electron chi connectivity index (χ3n) is 6.35. The van der Waals surface area contributed by atoms with Crippen LogP contribution in [0.4, 0.5) is 11.4 Å². The molecule has 0 atom stereocenters. The van der Waals surface area contributed by atoms with E-state index in [1.54, 1.807) is 41.2 Å². The number of aromatic hydroxyl groups is 2. The molecule has 0 bridgehead atoms. The molecule has 0 aliphatic rings. The maximum atomic E-state index is 13.1. The minimum Gasteiger partial charge on any atom is -0.508 e. The minimum absolute atomic E-state index is 0.0282. The van der Waals surface area contributed by atoms with Crippen LogP contribution in [0.15, 0.2) is 77.8 Å². The third-order valence-corrected chi connectivity index (χ3v) is 6.35. The number of aryl methyl sites for hydroxylation is 1. The standard InChI is InChI=1S/C31H31N5O3/c1-19-13-28(36(35-19)31(2,3)4)30(39)33-23-9-5-7-20(15-23)14-21-11-12-27-25(16-21)26(29(38)34-27)18-32-22-8-6-10-24(37)17-22/h5-13,15-18,34,37-38H,14H2,1-4H3,(H,33,39). The van der Waals surface area contributed by atoms with Gasteiger partial charge < -0.3 is 20.5 Å². The second kappa shape index (κ2) is 10.1. The molecule has 1 amide bonds. The van der Waals surface area contributed by atoms with Gasteiger partial charge in [-0.15, -0.1) is 0 Å². The van der Waals surface area contributed by atoms with Crippen LogP contribution in [-0.2, 0) is 12.0 Å². The number of hydrogen-bond donors (Lipinski definition) is 4. The van der Waals surface area contributed by atoms with Crippen LogP contribution in [0.2, 0.25) is 0 Å². The number of amides is 1. The molecule has 8 nitrogen and oxygen atoms in total. The first-order valence-electron chi connectivity index (χ1n) is 12.7. The first-order chi connectivity index (χ1) is 18.6. The number of carbonyl (C=O) groups is 1. The average Bonchev–Trinajstić information content (AvgIpc) is 3.42. The van der Waals surface area contributed by atoms with Gasteiger partial charge >= 0.3 is 0 Å². The van der Waals surface area contributed by atoms with Gasteiger partial charge in [0, 0.05) is 28.9 Å². The van der Waals surface area contributed by atoms with Gasteiger partial charge in [0.05, 0.1) is 22.5 Å². The summed E-state index contributed by atoms with van der Waals surface area (Å²) in [5.41, 5.74) is 5.71. The van der Waals surface area contributed by atoms with E-state index in [1.807, 2.05) is 70.2 Å². The second-order valence-corrected chi connectivity index (χ2v) is 10.6. The Hall–Kier alpha value is -4.85. The Balaban J connectivity index is 1.37. The van der Waals surface area contributed by atoms with E-state index < -0.39 is 0 Å². The Kier molecular flexibility index (Phi) is 6.70. The number of H-pyrrole nitrogens is 1. The Morgan fingerprint density at radius 2 is 1.79 bits per heavy atom. The van der Waals surface area contributed by atoms with Crippen molar-refractivity contribution in [3.8, 4) is 11.6 Å². The number of nitrogens with one attached hydrogen (secondary N) is 2. The van der Waals surface area contributed by atoms with Crippen LogP contribution in [-0.4, -0.2) is 37.1 Å². The number of nitrogens with zero attached hydrogens (tertiary/aromatic N) is 3. The van der Waals surface area contributed by atoms with Crippen LogP contribution in [0, 0.1) is 6.92 Å². The Labute approximate surface area is 226 Å². The van der Waals surface area contributed by atoms with Gasteiger partial charge in [0.2, 0.25) is 0 Å². The van der Waals surface area contributed by atoms with Crippen molar-refractivity contribution in [3.63, 3.8) is 0 Å². The summed E-state index contributed by atoms with van der Waals surface area (Å²) in [6.45, 7) is 7.93. The molecule has 198 valence electrons. The largest absolute Gasteiger partial charge is 0.508 e. The van der Waals surface area contributed by atoms with Crippen LogP contribution in [0.3, 0.4) is 0 Å². The molecular formula is C31H31N5O3. The molecule has 5 aromatic rings. The van der Waals surface area contributed by atoms with Crippen LogP contribution >= 0.6 is 0 Å². The van der Waals surface area contributed by atoms with Gasteiger partial charge in [-0.3, -0.25) is 14.5 Å². The number of fused-ring (bicyclic) bond motifs is 1. The number of anilines is 1. The molecule has 0 unspecified atom stereocenters. The zero-order valence-corrected chi connectivity index (χ0v) is 22.4. The van der Waals surface area contributed by atoms with E-state index in [1.165, 1.54) is 0 Å². The molecule has 0 aliphatic heterocycles. The van der Waals surface area contributed by atoms with Crippen molar-refractivity contribution in [2.24, 2.45) is 4.99 Å². The van der Waals surface area contributed by atoms with Gasteiger partial charge in [0.25, 0.3) is 5.91 Å². The molecule has 0 aliphatic carbocycles. The summed E-state index contributed by atoms with van der Waals surface area (Å²) in [5.74, 6) is -0.0495. The molecule has 2 aromatic heterocycles. The van der Waals surface area contributed by atoms with Crippen molar-refractivity contribution in [2.75, 3.05) is 5.32 Å². The predicted molar refractivity (Wildman–Crippen MR) is 154 cm³/mol. The first kappa shape index (κ1) is 25.8. The Morgan fingerprint density at radius 1 is 1.03 bits per heavy atom. The van der Waals surface area contributed by atoms with Gasteiger partial charge in [-0.2, -0.15) is 5.10 Å². The van der Waals surface area contributed by atoms with Gasteiger partial charge in [0.15, 0.2) is 5.88 Å². The Morgan fingerprint density at radius 3 is 2.56 bits per heavy atom. The molecule has 8 heteroatoms. The quantitative estimate of drug-likeness (QED) is 0.193. The molecule has 5 rings (SSSR count). The molecular weight excluding hydrogens is 490 g/mol. The van der Waals surface area contributed by atoms with Crippen molar-refractivity contribution in [3.05, 3.63) is 101 Å². The SMILES string of the molecule is Cc1cc(C(=O)Nc2cccc(Cc3ccc4[nH]c(O)c(C=Nc5cccc(O)c5)c4c3)c2)n(C(C)(C)C)n1. The molecule has 4 N–H and O–H groups in total. The van der Waals surface area contributed by atoms with Crippen molar-refractivity contribution in [1.29, 1.82) is 0 Å². The number of hydrogen-bond acceptors (Lipinski definition) is 5. The van der Waals surface area contributed by atoms with E-state index in [0.29, 0.717) is 29.1 Å². The summed E-state index contributed by atoms with van der Waals surface area (Å²) in [6, 6.07) is 22.1. The highest BCUT2D eigenvalue weighted by Gasteiger charge is 2.23. The van der Waals surface area contributed by atoms with E-state index in [9.17, 15) is 15.0 Å². The minimum atomic E-state index is -0.319. The van der Waals surface area contributed by atoms with E-state index in [0.717, 1.165) is 27.7 Å². The van der Waals surface area contributed by atoms with Crippen molar-refractivity contribution in [1.82, 2.24) is 14.8 Å². The Bertz CT molecular complexity index is 1710. The van der Waals surface area contributed by atoms with Gasteiger partial charge in [-0.25, -0.2) is 0 Å². The summed E-state index contributed by atoms with van der Waals surface area (Å²) in [4.78, 5) is 20.5. The molecule has 2 heterocycles. The number of aliphatic imine (C=N–C) groups is 1. The van der Waals surface area contributed by atoms with E-state index in [2.05, 4.69) is 20.4 Å². The third kappa shape index (κ3) is 5.70. The van der Waals surface area contributed by atoms with E-state index >= 15 is 0 Å². The van der Waals surface area contributed by atoms with Crippen LogP contribution in [0.25, 0.3) is 10.9 Å². The lowest BCUT2D eigenvalue weighted by Crippen LogP contribution is -2.29. The van der Waals surface area contributed by atoms with E-state index in [-0.39, 0.29) is 23.1 Å². The highest BCUT2D eigenvalue weighted by Crippen LogP contribution is 2.29. The number of benzene rings is 3. The number of aromatic amines is 1. The highest BCUT2D eigenvalue weighted by molar-refractivity contribution is 6.04. The summed E-state index contributed by atoms with van der Waals surface area (Å²) in [7, 11) is 0. The molecule has 3 aromatic carbocycles. The van der Waals surface area contributed by atoms with E-state index in [4.69, 9.17) is 0 Å². The normalized spacial score (nSPS) is 11.9. The fourth-order valence-corrected chi connectivity index (χ4v) is 4.56. The van der Waals surface area contributed by atoms with Crippen LogP contribution < -0.4 is 5.32 Å². The number of carbonyl (C=O) groups excluding carboxylic acids is 1. The van der Waals surface area contributed by atoms with Gasteiger partial charge in [0.1, 0.15) is 11.4 Å².